The van der Waals surface area contributed by atoms with Crippen LogP contribution in [0.1, 0.15) is 5.56 Å². The Morgan fingerprint density at radius 2 is 1.09 bits per heavy atom. The second-order valence-electron chi connectivity index (χ2n) is 9.05. The average molecular weight is 435 g/mol. The molecule has 0 aliphatic carbocycles. The standard InChI is InChI=1S/C33H22O/c1-21-28-9-5-4-6-23(28)14-16-29(21)24-12-10-22(11-13-24)27-15-17-30-31-18-25-7-2-3-8-26(25)19-33(31)34-32(30)20-27/h2-20H,1H3. The molecule has 0 atom stereocenters. The SMILES string of the molecule is Cc1c(-c2ccc(-c3ccc4c(c3)oc3cc5ccccc5cc34)cc2)ccc2ccccc12. The van der Waals surface area contributed by atoms with Crippen molar-refractivity contribution in [3.05, 3.63) is 121 Å². The minimum Gasteiger partial charge on any atom is -0.456 e. The molecule has 1 aromatic heterocycles. The molecule has 0 bridgehead atoms. The van der Waals surface area contributed by atoms with Gasteiger partial charge in [-0.1, -0.05) is 91.0 Å². The van der Waals surface area contributed by atoms with E-state index < -0.39 is 0 Å². The normalized spacial score (nSPS) is 11.7. The Morgan fingerprint density at radius 1 is 0.441 bits per heavy atom. The number of rotatable bonds is 2. The number of aryl methyl sites for hydroxylation is 1. The highest BCUT2D eigenvalue weighted by Crippen LogP contribution is 2.36. The van der Waals surface area contributed by atoms with Crippen molar-refractivity contribution in [1.82, 2.24) is 0 Å². The summed E-state index contributed by atoms with van der Waals surface area (Å²) in [6.45, 7) is 2.21. The predicted octanol–water partition coefficient (Wildman–Crippen LogP) is 9.53. The molecule has 0 radical (unpaired) electrons. The van der Waals surface area contributed by atoms with Crippen LogP contribution >= 0.6 is 0 Å². The van der Waals surface area contributed by atoms with Crippen LogP contribution in [0.3, 0.4) is 0 Å². The Balaban J connectivity index is 1.29. The van der Waals surface area contributed by atoms with E-state index in [1.807, 2.05) is 0 Å². The van der Waals surface area contributed by atoms with Gasteiger partial charge in [-0.2, -0.15) is 0 Å². The van der Waals surface area contributed by atoms with Gasteiger partial charge in [-0.05, 0) is 80.6 Å². The maximum atomic E-state index is 6.27. The minimum atomic E-state index is 0.928. The molecule has 0 saturated carbocycles. The molecule has 0 spiro atoms. The summed E-state index contributed by atoms with van der Waals surface area (Å²) in [4.78, 5) is 0. The van der Waals surface area contributed by atoms with Crippen LogP contribution in [0.4, 0.5) is 0 Å². The molecule has 0 saturated heterocycles. The van der Waals surface area contributed by atoms with Gasteiger partial charge in [-0.3, -0.25) is 0 Å². The summed E-state index contributed by atoms with van der Waals surface area (Å²) in [6.07, 6.45) is 0. The third-order valence-electron chi connectivity index (χ3n) is 7.07. The van der Waals surface area contributed by atoms with Crippen molar-refractivity contribution in [2.75, 3.05) is 0 Å². The summed E-state index contributed by atoms with van der Waals surface area (Å²) in [5.41, 5.74) is 8.06. The summed E-state index contributed by atoms with van der Waals surface area (Å²) in [5, 5.41) is 7.37. The molecule has 0 amide bonds. The zero-order valence-electron chi connectivity index (χ0n) is 18.9. The Hall–Kier alpha value is -4.36. The van der Waals surface area contributed by atoms with Gasteiger partial charge >= 0.3 is 0 Å². The first-order valence-corrected chi connectivity index (χ1v) is 11.7. The summed E-state index contributed by atoms with van der Waals surface area (Å²) < 4.78 is 6.27. The molecule has 7 aromatic rings. The molecule has 0 aliphatic rings. The monoisotopic (exact) mass is 434 g/mol. The van der Waals surface area contributed by atoms with Gasteiger partial charge in [0.05, 0.1) is 0 Å². The van der Waals surface area contributed by atoms with Crippen LogP contribution in [0.2, 0.25) is 0 Å². The Labute approximate surface area is 197 Å². The molecule has 0 aliphatic heterocycles. The fourth-order valence-corrected chi connectivity index (χ4v) is 5.22. The van der Waals surface area contributed by atoms with E-state index in [1.165, 1.54) is 49.2 Å². The average Bonchev–Trinajstić information content (AvgIpc) is 3.24. The number of benzene rings is 6. The maximum Gasteiger partial charge on any atom is 0.136 e. The van der Waals surface area contributed by atoms with E-state index in [4.69, 9.17) is 4.42 Å². The lowest BCUT2D eigenvalue weighted by molar-refractivity contribution is 0.669. The lowest BCUT2D eigenvalue weighted by atomic mass is 9.94. The molecule has 34 heavy (non-hydrogen) atoms. The van der Waals surface area contributed by atoms with E-state index in [0.717, 1.165) is 22.1 Å². The molecule has 0 unspecified atom stereocenters. The third-order valence-corrected chi connectivity index (χ3v) is 7.07. The number of hydrogen-bond acceptors (Lipinski definition) is 1. The first-order valence-electron chi connectivity index (χ1n) is 11.7. The molecule has 1 nitrogen and oxygen atoms in total. The first kappa shape index (κ1) is 19.1. The second kappa shape index (κ2) is 7.33. The highest BCUT2D eigenvalue weighted by molar-refractivity contribution is 6.10. The third kappa shape index (κ3) is 2.94. The number of furan rings is 1. The lowest BCUT2D eigenvalue weighted by Crippen LogP contribution is -1.86. The fraction of sp³-hybridized carbons (Fsp3) is 0.0303. The number of fused-ring (bicyclic) bond motifs is 5. The van der Waals surface area contributed by atoms with Gasteiger partial charge in [0.25, 0.3) is 0 Å². The van der Waals surface area contributed by atoms with Gasteiger partial charge < -0.3 is 4.42 Å². The van der Waals surface area contributed by atoms with Crippen LogP contribution in [0, 0.1) is 6.92 Å². The van der Waals surface area contributed by atoms with Crippen LogP contribution < -0.4 is 0 Å². The van der Waals surface area contributed by atoms with Crippen molar-refractivity contribution in [3.8, 4) is 22.3 Å². The largest absolute Gasteiger partial charge is 0.456 e. The van der Waals surface area contributed by atoms with Gasteiger partial charge in [-0.25, -0.2) is 0 Å². The topological polar surface area (TPSA) is 13.1 Å². The second-order valence-corrected chi connectivity index (χ2v) is 9.05. The Bertz CT molecular complexity index is 1850. The maximum absolute atomic E-state index is 6.27. The first-order chi connectivity index (χ1) is 16.7. The summed E-state index contributed by atoms with van der Waals surface area (Å²) in [6, 6.07) is 41.3. The quantitative estimate of drug-likeness (QED) is 0.264. The summed E-state index contributed by atoms with van der Waals surface area (Å²) >= 11 is 0. The van der Waals surface area contributed by atoms with Crippen molar-refractivity contribution in [3.63, 3.8) is 0 Å². The van der Waals surface area contributed by atoms with Crippen LogP contribution in [0.15, 0.2) is 120 Å². The zero-order chi connectivity index (χ0) is 22.6. The van der Waals surface area contributed by atoms with Crippen LogP contribution in [0.25, 0.3) is 65.7 Å². The van der Waals surface area contributed by atoms with Crippen molar-refractivity contribution in [1.29, 1.82) is 0 Å². The van der Waals surface area contributed by atoms with Gasteiger partial charge in [0.15, 0.2) is 0 Å². The van der Waals surface area contributed by atoms with Crippen molar-refractivity contribution < 1.29 is 4.42 Å². The predicted molar refractivity (Wildman–Crippen MR) is 144 cm³/mol. The zero-order valence-corrected chi connectivity index (χ0v) is 18.9. The van der Waals surface area contributed by atoms with Crippen LogP contribution in [-0.2, 0) is 0 Å². The van der Waals surface area contributed by atoms with E-state index in [0.29, 0.717) is 0 Å². The molecular formula is C33H22O. The molecular weight excluding hydrogens is 412 g/mol. The molecule has 0 N–H and O–H groups in total. The van der Waals surface area contributed by atoms with Gasteiger partial charge in [0.1, 0.15) is 11.2 Å². The Kier molecular flexibility index (Phi) is 4.13. The van der Waals surface area contributed by atoms with E-state index in [2.05, 4.69) is 122 Å². The summed E-state index contributed by atoms with van der Waals surface area (Å²) in [5.74, 6) is 0. The van der Waals surface area contributed by atoms with Crippen LogP contribution in [0.5, 0.6) is 0 Å². The lowest BCUT2D eigenvalue weighted by Gasteiger charge is -2.11. The van der Waals surface area contributed by atoms with Gasteiger partial charge in [-0.15, -0.1) is 0 Å². The van der Waals surface area contributed by atoms with E-state index >= 15 is 0 Å². The smallest absolute Gasteiger partial charge is 0.136 e. The fourth-order valence-electron chi connectivity index (χ4n) is 5.22. The van der Waals surface area contributed by atoms with E-state index in [1.54, 1.807) is 0 Å². The van der Waals surface area contributed by atoms with Crippen molar-refractivity contribution in [2.45, 2.75) is 6.92 Å². The Morgan fingerprint density at radius 3 is 1.91 bits per heavy atom. The number of hydrogen-bond donors (Lipinski definition) is 0. The minimum absolute atomic E-state index is 0.928. The molecule has 160 valence electrons. The van der Waals surface area contributed by atoms with E-state index in [-0.39, 0.29) is 0 Å². The molecule has 6 aromatic carbocycles. The van der Waals surface area contributed by atoms with Gasteiger partial charge in [0, 0.05) is 10.8 Å². The van der Waals surface area contributed by atoms with Gasteiger partial charge in [0.2, 0.25) is 0 Å². The highest BCUT2D eigenvalue weighted by atomic mass is 16.3. The molecule has 1 heterocycles. The molecule has 0 fully saturated rings. The van der Waals surface area contributed by atoms with Crippen LogP contribution in [-0.4, -0.2) is 0 Å². The van der Waals surface area contributed by atoms with Crippen molar-refractivity contribution in [2.24, 2.45) is 0 Å². The molecule has 1 heteroatoms. The molecule has 7 rings (SSSR count). The van der Waals surface area contributed by atoms with Crippen molar-refractivity contribution >= 4 is 43.5 Å². The van der Waals surface area contributed by atoms with E-state index in [9.17, 15) is 0 Å². The highest BCUT2D eigenvalue weighted by Gasteiger charge is 2.11. The summed E-state index contributed by atoms with van der Waals surface area (Å²) in [7, 11) is 0.